The van der Waals surface area contributed by atoms with E-state index < -0.39 is 4.92 Å². The van der Waals surface area contributed by atoms with Gasteiger partial charge in [0.05, 0.1) is 17.2 Å². The molecule has 0 aliphatic carbocycles. The maximum absolute atomic E-state index is 11.9. The van der Waals surface area contributed by atoms with Crippen LogP contribution in [-0.2, 0) is 4.79 Å². The highest BCUT2D eigenvalue weighted by atomic mass is 16.6. The van der Waals surface area contributed by atoms with Crippen LogP contribution in [0.15, 0.2) is 47.6 Å². The van der Waals surface area contributed by atoms with Gasteiger partial charge in [0, 0.05) is 17.8 Å². The Morgan fingerprint density at radius 2 is 1.84 bits per heavy atom. The van der Waals surface area contributed by atoms with E-state index in [0.717, 1.165) is 16.8 Å². The first-order valence-electron chi connectivity index (χ1n) is 7.76. The van der Waals surface area contributed by atoms with E-state index in [0.29, 0.717) is 11.3 Å². The Labute approximate surface area is 145 Å². The van der Waals surface area contributed by atoms with Gasteiger partial charge >= 0.3 is 0 Å². The molecule has 0 bridgehead atoms. The van der Waals surface area contributed by atoms with Gasteiger partial charge in [0.2, 0.25) is 0 Å². The maximum atomic E-state index is 11.9. The summed E-state index contributed by atoms with van der Waals surface area (Å²) in [5, 5.41) is 17.7. The van der Waals surface area contributed by atoms with Crippen molar-refractivity contribution in [3.8, 4) is 0 Å². The number of nitrogens with zero attached hydrogens (tertiary/aromatic N) is 2. The molecule has 0 saturated heterocycles. The van der Waals surface area contributed by atoms with E-state index in [9.17, 15) is 14.9 Å². The number of nitro benzene ring substituents is 1. The van der Waals surface area contributed by atoms with Crippen molar-refractivity contribution in [2.24, 2.45) is 5.10 Å². The molecule has 0 atom stereocenters. The van der Waals surface area contributed by atoms with Gasteiger partial charge < -0.3 is 5.32 Å². The lowest BCUT2D eigenvalue weighted by molar-refractivity contribution is -0.384. The first-order chi connectivity index (χ1) is 11.9. The maximum Gasteiger partial charge on any atom is 0.269 e. The molecule has 2 aromatic rings. The average Bonchev–Trinajstić information content (AvgIpc) is 2.59. The first kappa shape index (κ1) is 18.1. The zero-order valence-corrected chi connectivity index (χ0v) is 14.4. The van der Waals surface area contributed by atoms with Crippen molar-refractivity contribution in [1.82, 2.24) is 5.43 Å². The van der Waals surface area contributed by atoms with Gasteiger partial charge in [0.25, 0.3) is 11.6 Å². The summed E-state index contributed by atoms with van der Waals surface area (Å²) in [6, 6.07) is 11.9. The molecule has 7 nitrogen and oxygen atoms in total. The van der Waals surface area contributed by atoms with Crippen LogP contribution in [0, 0.1) is 24.0 Å². The number of hydrogen-bond donors (Lipinski definition) is 2. The molecule has 7 heteroatoms. The number of nitrogens with one attached hydrogen (secondary N) is 2. The first-order valence-corrected chi connectivity index (χ1v) is 7.76. The molecule has 0 aromatic heterocycles. The third kappa shape index (κ3) is 5.13. The molecule has 1 amide bonds. The van der Waals surface area contributed by atoms with Crippen molar-refractivity contribution in [3.63, 3.8) is 0 Å². The van der Waals surface area contributed by atoms with Crippen LogP contribution >= 0.6 is 0 Å². The zero-order chi connectivity index (χ0) is 18.4. The molecule has 130 valence electrons. The molecule has 2 N–H and O–H groups in total. The Morgan fingerprint density at radius 3 is 2.44 bits per heavy atom. The summed E-state index contributed by atoms with van der Waals surface area (Å²) in [4.78, 5) is 22.1. The quantitative estimate of drug-likeness (QED) is 0.479. The zero-order valence-electron chi connectivity index (χ0n) is 14.4. The Morgan fingerprint density at radius 1 is 1.16 bits per heavy atom. The highest BCUT2D eigenvalue weighted by Gasteiger charge is 2.06. The van der Waals surface area contributed by atoms with Crippen LogP contribution < -0.4 is 10.7 Å². The van der Waals surface area contributed by atoms with Gasteiger partial charge in [0.1, 0.15) is 0 Å². The Hall–Kier alpha value is -3.22. The molecule has 0 heterocycles. The van der Waals surface area contributed by atoms with Crippen molar-refractivity contribution < 1.29 is 9.72 Å². The van der Waals surface area contributed by atoms with Crippen molar-refractivity contribution in [2.75, 3.05) is 11.9 Å². The van der Waals surface area contributed by atoms with Gasteiger partial charge in [-0.25, -0.2) is 5.43 Å². The van der Waals surface area contributed by atoms with E-state index in [1.54, 1.807) is 19.1 Å². The van der Waals surface area contributed by atoms with Crippen LogP contribution in [0.25, 0.3) is 0 Å². The second-order valence-electron chi connectivity index (χ2n) is 5.71. The molecule has 0 aliphatic rings. The lowest BCUT2D eigenvalue weighted by Crippen LogP contribution is -2.27. The molecule has 0 radical (unpaired) electrons. The molecule has 25 heavy (non-hydrogen) atoms. The number of benzene rings is 2. The number of anilines is 1. The summed E-state index contributed by atoms with van der Waals surface area (Å²) in [6.07, 6.45) is 0. The summed E-state index contributed by atoms with van der Waals surface area (Å²) in [5.74, 6) is -0.277. The van der Waals surface area contributed by atoms with Crippen molar-refractivity contribution in [3.05, 3.63) is 69.3 Å². The van der Waals surface area contributed by atoms with E-state index in [1.165, 1.54) is 12.1 Å². The number of carbonyl (C=O) groups is 1. The van der Waals surface area contributed by atoms with Crippen molar-refractivity contribution >= 4 is 23.0 Å². The highest BCUT2D eigenvalue weighted by molar-refractivity contribution is 5.99. The molecule has 2 aromatic carbocycles. The number of nitro groups is 1. The molecule has 2 rings (SSSR count). The van der Waals surface area contributed by atoms with Crippen LogP contribution in [0.5, 0.6) is 0 Å². The number of hydrogen-bond acceptors (Lipinski definition) is 5. The fourth-order valence-electron chi connectivity index (χ4n) is 2.26. The molecular weight excluding hydrogens is 320 g/mol. The summed E-state index contributed by atoms with van der Waals surface area (Å²) >= 11 is 0. The van der Waals surface area contributed by atoms with Gasteiger partial charge in [-0.15, -0.1) is 0 Å². The minimum Gasteiger partial charge on any atom is -0.376 e. The second kappa shape index (κ2) is 8.05. The van der Waals surface area contributed by atoms with Gasteiger partial charge in [-0.1, -0.05) is 17.7 Å². The SMILES string of the molecule is C/C(=N\NC(=O)CNc1ccc(C)cc1C)c1ccc([N+](=O)[O-])cc1. The molecule has 0 saturated carbocycles. The third-order valence-electron chi connectivity index (χ3n) is 3.67. The summed E-state index contributed by atoms with van der Waals surface area (Å²) in [7, 11) is 0. The number of hydrazone groups is 1. The van der Waals surface area contributed by atoms with E-state index in [1.807, 2.05) is 32.0 Å². The van der Waals surface area contributed by atoms with Crippen LogP contribution in [0.3, 0.4) is 0 Å². The smallest absolute Gasteiger partial charge is 0.269 e. The minimum absolute atomic E-state index is 0.0123. The monoisotopic (exact) mass is 340 g/mol. The van der Waals surface area contributed by atoms with Crippen LogP contribution in [0.2, 0.25) is 0 Å². The number of non-ortho nitro benzene ring substituents is 1. The van der Waals surface area contributed by atoms with Crippen LogP contribution in [0.4, 0.5) is 11.4 Å². The average molecular weight is 340 g/mol. The molecule has 0 fully saturated rings. The number of carbonyl (C=O) groups excluding carboxylic acids is 1. The van der Waals surface area contributed by atoms with E-state index in [2.05, 4.69) is 15.8 Å². The molecule has 0 spiro atoms. The number of amides is 1. The summed E-state index contributed by atoms with van der Waals surface area (Å²) < 4.78 is 0. The standard InChI is InChI=1S/C18H20N4O3/c1-12-4-9-17(13(2)10-12)19-11-18(23)21-20-14(3)15-5-7-16(8-6-15)22(24)25/h4-10,19H,11H2,1-3H3,(H,21,23)/b20-14+. The largest absolute Gasteiger partial charge is 0.376 e. The second-order valence-corrected chi connectivity index (χ2v) is 5.71. The minimum atomic E-state index is -0.462. The van der Waals surface area contributed by atoms with Gasteiger partial charge in [-0.3, -0.25) is 14.9 Å². The van der Waals surface area contributed by atoms with Crippen molar-refractivity contribution in [2.45, 2.75) is 20.8 Å². The number of aryl methyl sites for hydroxylation is 2. The lowest BCUT2D eigenvalue weighted by atomic mass is 10.1. The summed E-state index contributed by atoms with van der Waals surface area (Å²) in [6.45, 7) is 5.81. The third-order valence-corrected chi connectivity index (χ3v) is 3.67. The topological polar surface area (TPSA) is 96.6 Å². The fraction of sp³-hybridized carbons (Fsp3) is 0.222. The predicted octanol–water partition coefficient (Wildman–Crippen LogP) is 3.16. The Balaban J connectivity index is 1.91. The van der Waals surface area contributed by atoms with Crippen molar-refractivity contribution in [1.29, 1.82) is 0 Å². The molecular formula is C18H20N4O3. The molecule has 0 unspecified atom stereocenters. The van der Waals surface area contributed by atoms with E-state index in [4.69, 9.17) is 0 Å². The van der Waals surface area contributed by atoms with E-state index >= 15 is 0 Å². The fourth-order valence-corrected chi connectivity index (χ4v) is 2.26. The van der Waals surface area contributed by atoms with Gasteiger partial charge in [-0.2, -0.15) is 5.10 Å². The lowest BCUT2D eigenvalue weighted by Gasteiger charge is -2.09. The van der Waals surface area contributed by atoms with Gasteiger partial charge in [-0.05, 0) is 50.1 Å². The van der Waals surface area contributed by atoms with Crippen LogP contribution in [0.1, 0.15) is 23.6 Å². The van der Waals surface area contributed by atoms with Gasteiger partial charge in [0.15, 0.2) is 0 Å². The van der Waals surface area contributed by atoms with E-state index in [-0.39, 0.29) is 18.1 Å². The highest BCUT2D eigenvalue weighted by Crippen LogP contribution is 2.15. The van der Waals surface area contributed by atoms with Crippen LogP contribution in [-0.4, -0.2) is 23.1 Å². The Kier molecular flexibility index (Phi) is 5.84. The Bertz CT molecular complexity index is 814. The summed E-state index contributed by atoms with van der Waals surface area (Å²) in [5.41, 5.74) is 6.88. The number of rotatable bonds is 6. The predicted molar refractivity (Wildman–Crippen MR) is 97.9 cm³/mol. The molecule has 0 aliphatic heterocycles. The normalized spacial score (nSPS) is 11.1.